The summed E-state index contributed by atoms with van der Waals surface area (Å²) in [5.74, 6) is -2.43. The molecule has 0 aromatic rings. The van der Waals surface area contributed by atoms with E-state index in [1.807, 2.05) is 34.6 Å². The average molecular weight is 620 g/mol. The summed E-state index contributed by atoms with van der Waals surface area (Å²) in [6.45, 7) is 12.8. The molecule has 1 saturated heterocycles. The molecule has 1 heterocycles. The van der Waals surface area contributed by atoms with Crippen molar-refractivity contribution in [1.29, 1.82) is 0 Å². The maximum absolute atomic E-state index is 14.6. The van der Waals surface area contributed by atoms with Crippen LogP contribution in [0.1, 0.15) is 106 Å². The van der Waals surface area contributed by atoms with Crippen LogP contribution in [0.2, 0.25) is 0 Å². The lowest BCUT2D eigenvalue weighted by atomic mass is 9.70. The number of nitrogens with one attached hydrogen (secondary N) is 3. The second-order valence-corrected chi connectivity index (χ2v) is 15.1. The lowest BCUT2D eigenvalue weighted by Crippen LogP contribution is -2.63. The molecule has 0 bridgehead atoms. The molecule has 0 aromatic heterocycles. The van der Waals surface area contributed by atoms with E-state index in [2.05, 4.69) is 22.9 Å². The van der Waals surface area contributed by atoms with Crippen molar-refractivity contribution in [2.24, 2.45) is 34.3 Å². The van der Waals surface area contributed by atoms with E-state index in [1.165, 1.54) is 0 Å². The zero-order chi connectivity index (χ0) is 32.8. The van der Waals surface area contributed by atoms with Crippen molar-refractivity contribution >= 4 is 29.5 Å². The molecule has 1 unspecified atom stereocenters. The van der Waals surface area contributed by atoms with Crippen LogP contribution in [-0.4, -0.2) is 78.9 Å². The molecule has 11 nitrogen and oxygen atoms in total. The van der Waals surface area contributed by atoms with Crippen LogP contribution in [0, 0.1) is 28.6 Å². The standard InChI is InChI=1S/C33H57N5O6/c1-20(2)22-14-17-38(25(22)29(41)35-23(26(39)28(34)40)18-21-12-11-13-21)30(42)27(33(6)15-9-8-10-16-33)37-31(43)36-24(19-44-7)32(3,4)5/h20-25,27H,8-19H2,1-7H3,(H2,34,40)(H,35,41)(H2,36,37,43)/t22-,23?,24-,25+,27-/m1/s1. The first-order valence-electron chi connectivity index (χ1n) is 16.6. The largest absolute Gasteiger partial charge is 0.383 e. The third-order valence-electron chi connectivity index (χ3n) is 10.4. The van der Waals surface area contributed by atoms with E-state index in [-0.39, 0.29) is 35.1 Å². The normalized spacial score (nSPS) is 24.1. The topological polar surface area (TPSA) is 160 Å². The monoisotopic (exact) mass is 619 g/mol. The first kappa shape index (κ1) is 35.8. The number of Topliss-reactive ketones (excluding diaryl/α,β-unsaturated/α-hetero) is 1. The van der Waals surface area contributed by atoms with Gasteiger partial charge in [0.25, 0.3) is 5.91 Å². The SMILES string of the molecule is COC[C@@H](NC(=O)N[C@H](C(=O)N1CC[C@H](C(C)C)[C@H]1C(=O)NC(CC1CCC1)C(=O)C(N)=O)C1(C)CCCCC1)C(C)(C)C. The summed E-state index contributed by atoms with van der Waals surface area (Å²) < 4.78 is 5.36. The number of nitrogens with zero attached hydrogens (tertiary/aromatic N) is 1. The minimum absolute atomic E-state index is 0.0852. The van der Waals surface area contributed by atoms with Crippen molar-refractivity contribution in [1.82, 2.24) is 20.9 Å². The molecule has 1 aliphatic heterocycles. The lowest BCUT2D eigenvalue weighted by molar-refractivity contribution is -0.145. The maximum Gasteiger partial charge on any atom is 0.315 e. The number of ketones is 1. The first-order valence-corrected chi connectivity index (χ1v) is 16.6. The van der Waals surface area contributed by atoms with Gasteiger partial charge in [0.2, 0.25) is 17.6 Å². The van der Waals surface area contributed by atoms with Gasteiger partial charge in [0.1, 0.15) is 12.1 Å². The number of carbonyl (C=O) groups excluding carboxylic acids is 5. The molecular weight excluding hydrogens is 562 g/mol. The third kappa shape index (κ3) is 8.73. The van der Waals surface area contributed by atoms with Gasteiger partial charge in [-0.1, -0.05) is 80.1 Å². The number of amides is 5. The second kappa shape index (κ2) is 15.1. The second-order valence-electron chi connectivity index (χ2n) is 15.1. The van der Waals surface area contributed by atoms with Crippen LogP contribution in [0.5, 0.6) is 0 Å². The summed E-state index contributed by atoms with van der Waals surface area (Å²) in [6.07, 6.45) is 8.45. The average Bonchev–Trinajstić information content (AvgIpc) is 3.37. The number of hydrogen-bond donors (Lipinski definition) is 4. The lowest BCUT2D eigenvalue weighted by Gasteiger charge is -2.43. The van der Waals surface area contributed by atoms with Crippen LogP contribution in [0.15, 0.2) is 0 Å². The Morgan fingerprint density at radius 1 is 0.955 bits per heavy atom. The third-order valence-corrected chi connectivity index (χ3v) is 10.4. The molecule has 5 N–H and O–H groups in total. The fraction of sp³-hybridized carbons (Fsp3) is 0.848. The maximum atomic E-state index is 14.6. The summed E-state index contributed by atoms with van der Waals surface area (Å²) >= 11 is 0. The van der Waals surface area contributed by atoms with Crippen LogP contribution >= 0.6 is 0 Å². The molecule has 11 heteroatoms. The first-order chi connectivity index (χ1) is 20.6. The smallest absolute Gasteiger partial charge is 0.315 e. The minimum atomic E-state index is -1.07. The molecule has 44 heavy (non-hydrogen) atoms. The molecule has 2 aliphatic carbocycles. The van der Waals surface area contributed by atoms with Gasteiger partial charge in [-0.15, -0.1) is 0 Å². The van der Waals surface area contributed by atoms with Gasteiger partial charge in [0.05, 0.1) is 18.7 Å². The minimum Gasteiger partial charge on any atom is -0.383 e. The summed E-state index contributed by atoms with van der Waals surface area (Å²) in [4.78, 5) is 68.3. The van der Waals surface area contributed by atoms with Crippen molar-refractivity contribution in [2.45, 2.75) is 130 Å². The zero-order valence-corrected chi connectivity index (χ0v) is 28.0. The van der Waals surface area contributed by atoms with Gasteiger partial charge in [-0.2, -0.15) is 0 Å². The Hall–Kier alpha value is -2.69. The number of urea groups is 1. The van der Waals surface area contributed by atoms with Gasteiger partial charge in [0, 0.05) is 13.7 Å². The van der Waals surface area contributed by atoms with Crippen LogP contribution in [0.4, 0.5) is 4.79 Å². The quantitative estimate of drug-likeness (QED) is 0.232. The fourth-order valence-electron chi connectivity index (χ4n) is 7.17. The van der Waals surface area contributed by atoms with Crippen molar-refractivity contribution in [3.63, 3.8) is 0 Å². The van der Waals surface area contributed by atoms with E-state index in [0.717, 1.165) is 51.4 Å². The molecule has 250 valence electrons. The van der Waals surface area contributed by atoms with Crippen LogP contribution < -0.4 is 21.7 Å². The Balaban J connectivity index is 1.90. The molecule has 3 aliphatic rings. The number of rotatable bonds is 13. The fourth-order valence-corrected chi connectivity index (χ4v) is 7.17. The molecule has 2 saturated carbocycles. The summed E-state index contributed by atoms with van der Waals surface area (Å²) in [5, 5.41) is 8.90. The van der Waals surface area contributed by atoms with E-state index < -0.39 is 47.2 Å². The molecule has 3 rings (SSSR count). The predicted octanol–water partition coefficient (Wildman–Crippen LogP) is 3.29. The van der Waals surface area contributed by atoms with E-state index in [9.17, 15) is 24.0 Å². The van der Waals surface area contributed by atoms with E-state index in [1.54, 1.807) is 12.0 Å². The van der Waals surface area contributed by atoms with Gasteiger partial charge in [0.15, 0.2) is 0 Å². The van der Waals surface area contributed by atoms with Gasteiger partial charge in [-0.25, -0.2) is 4.79 Å². The predicted molar refractivity (Wildman–Crippen MR) is 168 cm³/mol. The van der Waals surface area contributed by atoms with Crippen LogP contribution in [0.3, 0.4) is 0 Å². The van der Waals surface area contributed by atoms with E-state index in [0.29, 0.717) is 26.0 Å². The highest BCUT2D eigenvalue weighted by Gasteiger charge is 2.50. The van der Waals surface area contributed by atoms with Crippen LogP contribution in [-0.2, 0) is 23.9 Å². The number of methoxy groups -OCH3 is 1. The highest BCUT2D eigenvalue weighted by Crippen LogP contribution is 2.41. The van der Waals surface area contributed by atoms with E-state index >= 15 is 0 Å². The summed E-state index contributed by atoms with van der Waals surface area (Å²) in [6, 6.07) is -3.41. The molecular formula is C33H57N5O6. The summed E-state index contributed by atoms with van der Waals surface area (Å²) in [7, 11) is 1.59. The Bertz CT molecular complexity index is 1050. The van der Waals surface area contributed by atoms with Crippen molar-refractivity contribution < 1.29 is 28.7 Å². The van der Waals surface area contributed by atoms with Crippen molar-refractivity contribution in [3.05, 3.63) is 0 Å². The molecule has 0 spiro atoms. The van der Waals surface area contributed by atoms with Gasteiger partial charge in [-0.3, -0.25) is 19.2 Å². The van der Waals surface area contributed by atoms with Crippen molar-refractivity contribution in [2.75, 3.05) is 20.3 Å². The number of carbonyl (C=O) groups is 5. The van der Waals surface area contributed by atoms with Crippen molar-refractivity contribution in [3.8, 4) is 0 Å². The number of ether oxygens (including phenoxy) is 1. The number of nitrogens with two attached hydrogens (primary N) is 1. The highest BCUT2D eigenvalue weighted by molar-refractivity contribution is 6.37. The van der Waals surface area contributed by atoms with Gasteiger partial charge >= 0.3 is 6.03 Å². The van der Waals surface area contributed by atoms with Crippen LogP contribution in [0.25, 0.3) is 0 Å². The molecule has 0 radical (unpaired) electrons. The Kier molecular flexibility index (Phi) is 12.2. The van der Waals surface area contributed by atoms with Gasteiger partial charge in [-0.05, 0) is 54.3 Å². The zero-order valence-electron chi connectivity index (χ0n) is 28.0. The Morgan fingerprint density at radius 3 is 2.09 bits per heavy atom. The number of likely N-dealkylation sites (tertiary alicyclic amines) is 1. The Morgan fingerprint density at radius 2 is 1.59 bits per heavy atom. The summed E-state index contributed by atoms with van der Waals surface area (Å²) in [5.41, 5.74) is 4.59. The van der Waals surface area contributed by atoms with Gasteiger partial charge < -0.3 is 31.3 Å². The molecule has 5 amide bonds. The Labute approximate surface area is 263 Å². The number of primary amides is 1. The highest BCUT2D eigenvalue weighted by atomic mass is 16.5. The molecule has 5 atom stereocenters. The number of hydrogen-bond acceptors (Lipinski definition) is 6. The van der Waals surface area contributed by atoms with E-state index in [4.69, 9.17) is 10.5 Å². The molecule has 3 fully saturated rings. The molecule has 0 aromatic carbocycles.